The second-order valence-corrected chi connectivity index (χ2v) is 7.30. The Morgan fingerprint density at radius 3 is 2.43 bits per heavy atom. The zero-order valence-electron chi connectivity index (χ0n) is 17.1. The highest BCUT2D eigenvalue weighted by atomic mass is 16.5. The van der Waals surface area contributed by atoms with E-state index in [-0.39, 0.29) is 17.8 Å². The summed E-state index contributed by atoms with van der Waals surface area (Å²) in [4.78, 5) is 18.9. The summed E-state index contributed by atoms with van der Waals surface area (Å²) >= 11 is 0. The molecule has 0 saturated carbocycles. The Bertz CT molecular complexity index is 859. The molecule has 0 unspecified atom stereocenters. The summed E-state index contributed by atoms with van der Waals surface area (Å²) < 4.78 is 5.33. The highest BCUT2D eigenvalue weighted by Gasteiger charge is 2.10. The Labute approximate surface area is 177 Å². The average molecular weight is 408 g/mol. The van der Waals surface area contributed by atoms with Crippen LogP contribution >= 0.6 is 0 Å². The van der Waals surface area contributed by atoms with Crippen molar-refractivity contribution in [2.75, 3.05) is 31.5 Å². The van der Waals surface area contributed by atoms with E-state index in [9.17, 15) is 4.79 Å². The van der Waals surface area contributed by atoms with E-state index in [2.05, 4.69) is 15.2 Å². The number of amidine groups is 1. The highest BCUT2D eigenvalue weighted by molar-refractivity contribution is 6.04. The first kappa shape index (κ1) is 21.5. The average Bonchev–Trinajstić information content (AvgIpc) is 2.78. The van der Waals surface area contributed by atoms with E-state index in [0.29, 0.717) is 23.4 Å². The minimum atomic E-state index is -0.185. The molecule has 0 radical (unpaired) electrons. The number of amides is 1. The van der Waals surface area contributed by atoms with Crippen LogP contribution in [0.15, 0.2) is 59.6 Å². The molecule has 0 aromatic heterocycles. The van der Waals surface area contributed by atoms with Gasteiger partial charge in [0.25, 0.3) is 11.9 Å². The minimum absolute atomic E-state index is 0.0000936. The number of benzene rings is 2. The fourth-order valence-electron chi connectivity index (χ4n) is 3.36. The molecule has 0 aliphatic carbocycles. The maximum absolute atomic E-state index is 12.2. The summed E-state index contributed by atoms with van der Waals surface area (Å²) in [6.45, 7) is 3.94. The first-order valence-electron chi connectivity index (χ1n) is 10.4. The molecule has 4 N–H and O–H groups in total. The Kier molecular flexibility index (Phi) is 7.97. The Morgan fingerprint density at radius 2 is 1.73 bits per heavy atom. The van der Waals surface area contributed by atoms with Gasteiger partial charge in [-0.1, -0.05) is 24.6 Å². The predicted octanol–water partition coefficient (Wildman–Crippen LogP) is 3.47. The van der Waals surface area contributed by atoms with Gasteiger partial charge in [0, 0.05) is 23.4 Å². The SMILES string of the molecule is N=C(OC(N)=NCCCN1CCCCC1)c1ccc(NC(=O)c2ccccc2)cc1. The molecule has 30 heavy (non-hydrogen) atoms. The number of carbonyl (C=O) groups excluding carboxylic acids is 1. The number of nitrogens with zero attached hydrogens (tertiary/aromatic N) is 2. The molecule has 3 rings (SSSR count). The van der Waals surface area contributed by atoms with Crippen molar-refractivity contribution >= 4 is 23.5 Å². The predicted molar refractivity (Wildman–Crippen MR) is 120 cm³/mol. The van der Waals surface area contributed by atoms with Gasteiger partial charge in [-0.25, -0.2) is 4.99 Å². The molecule has 2 aromatic carbocycles. The number of anilines is 1. The molecule has 0 spiro atoms. The standard InChI is InChI=1S/C23H29N5O2/c24-21(30-23(25)26-14-7-17-28-15-5-2-6-16-28)18-10-12-20(13-11-18)27-22(29)19-8-3-1-4-9-19/h1,3-4,8-13,24H,2,5-7,14-17H2,(H2,25,26)(H,27,29). The number of ether oxygens (including phenoxy) is 1. The van der Waals surface area contributed by atoms with Crippen LogP contribution in [0.5, 0.6) is 0 Å². The van der Waals surface area contributed by atoms with Crippen LogP contribution in [-0.4, -0.2) is 48.9 Å². The molecule has 1 saturated heterocycles. The van der Waals surface area contributed by atoms with Crippen LogP contribution < -0.4 is 11.1 Å². The number of hydrogen-bond acceptors (Lipinski definition) is 5. The van der Waals surface area contributed by atoms with E-state index in [1.54, 1.807) is 36.4 Å². The number of nitrogens with one attached hydrogen (secondary N) is 2. The lowest BCUT2D eigenvalue weighted by Gasteiger charge is -2.25. The van der Waals surface area contributed by atoms with E-state index in [0.717, 1.165) is 13.0 Å². The van der Waals surface area contributed by atoms with Gasteiger partial charge >= 0.3 is 0 Å². The van der Waals surface area contributed by atoms with Gasteiger partial charge in [0.1, 0.15) is 0 Å². The van der Waals surface area contributed by atoms with Gasteiger partial charge < -0.3 is 20.7 Å². The largest absolute Gasteiger partial charge is 0.407 e. The maximum atomic E-state index is 12.2. The Morgan fingerprint density at radius 1 is 1.03 bits per heavy atom. The van der Waals surface area contributed by atoms with Crippen LogP contribution in [0, 0.1) is 5.41 Å². The Hall–Kier alpha value is -3.19. The molecule has 1 fully saturated rings. The number of aliphatic imine (C=N–C) groups is 1. The first-order valence-corrected chi connectivity index (χ1v) is 10.4. The van der Waals surface area contributed by atoms with Crippen molar-refractivity contribution in [2.45, 2.75) is 25.7 Å². The molecule has 2 aromatic rings. The monoisotopic (exact) mass is 407 g/mol. The molecule has 0 bridgehead atoms. The normalized spacial score (nSPS) is 14.9. The summed E-state index contributed by atoms with van der Waals surface area (Å²) in [5.41, 5.74) is 7.59. The first-order chi connectivity index (χ1) is 14.6. The molecule has 1 aliphatic rings. The maximum Gasteiger partial charge on any atom is 0.288 e. The van der Waals surface area contributed by atoms with Gasteiger partial charge in [-0.15, -0.1) is 0 Å². The van der Waals surface area contributed by atoms with E-state index in [4.69, 9.17) is 15.9 Å². The smallest absolute Gasteiger partial charge is 0.288 e. The zero-order valence-corrected chi connectivity index (χ0v) is 17.1. The van der Waals surface area contributed by atoms with Crippen LogP contribution in [0.4, 0.5) is 5.69 Å². The summed E-state index contributed by atoms with van der Waals surface area (Å²) in [6.07, 6.45) is 4.81. The quantitative estimate of drug-likeness (QED) is 0.371. The lowest BCUT2D eigenvalue weighted by atomic mass is 10.1. The van der Waals surface area contributed by atoms with Crippen molar-refractivity contribution in [3.8, 4) is 0 Å². The fraction of sp³-hybridized carbons (Fsp3) is 0.348. The number of hydrogen-bond donors (Lipinski definition) is 3. The Balaban J connectivity index is 1.43. The van der Waals surface area contributed by atoms with E-state index in [1.165, 1.54) is 32.4 Å². The van der Waals surface area contributed by atoms with Crippen LogP contribution in [0.25, 0.3) is 0 Å². The number of nitrogens with two attached hydrogens (primary N) is 1. The van der Waals surface area contributed by atoms with Crippen molar-refractivity contribution in [3.63, 3.8) is 0 Å². The van der Waals surface area contributed by atoms with Crippen molar-refractivity contribution in [2.24, 2.45) is 10.7 Å². The van der Waals surface area contributed by atoms with Crippen molar-refractivity contribution in [1.29, 1.82) is 5.41 Å². The lowest BCUT2D eigenvalue weighted by molar-refractivity contribution is 0.102. The zero-order chi connectivity index (χ0) is 21.2. The summed E-state index contributed by atoms with van der Waals surface area (Å²) in [7, 11) is 0. The van der Waals surface area contributed by atoms with Crippen LogP contribution in [-0.2, 0) is 4.74 Å². The molecular formula is C23H29N5O2. The molecule has 0 atom stereocenters. The van der Waals surface area contributed by atoms with Crippen LogP contribution in [0.1, 0.15) is 41.6 Å². The summed E-state index contributed by atoms with van der Waals surface area (Å²) in [5, 5.41) is 10.9. The van der Waals surface area contributed by atoms with Gasteiger partial charge in [-0.2, -0.15) is 0 Å². The van der Waals surface area contributed by atoms with Gasteiger partial charge in [-0.05, 0) is 75.3 Å². The molecule has 7 nitrogen and oxygen atoms in total. The van der Waals surface area contributed by atoms with Crippen molar-refractivity contribution < 1.29 is 9.53 Å². The molecule has 1 heterocycles. The van der Waals surface area contributed by atoms with Gasteiger partial charge in [0.2, 0.25) is 5.90 Å². The van der Waals surface area contributed by atoms with Crippen molar-refractivity contribution in [1.82, 2.24) is 4.90 Å². The summed E-state index contributed by atoms with van der Waals surface area (Å²) in [5.74, 6) is -0.260. The summed E-state index contributed by atoms with van der Waals surface area (Å²) in [6, 6.07) is 15.8. The second kappa shape index (κ2) is 11.1. The molecule has 1 amide bonds. The van der Waals surface area contributed by atoms with E-state index in [1.807, 2.05) is 18.2 Å². The number of likely N-dealkylation sites (tertiary alicyclic amines) is 1. The third kappa shape index (κ3) is 6.70. The molecule has 1 aliphatic heterocycles. The molecule has 7 heteroatoms. The topological polar surface area (TPSA) is 104 Å². The van der Waals surface area contributed by atoms with Crippen LogP contribution in [0.3, 0.4) is 0 Å². The number of rotatable bonds is 7. The highest BCUT2D eigenvalue weighted by Crippen LogP contribution is 2.12. The second-order valence-electron chi connectivity index (χ2n) is 7.30. The number of piperidine rings is 1. The van der Waals surface area contributed by atoms with E-state index < -0.39 is 0 Å². The van der Waals surface area contributed by atoms with Crippen LogP contribution in [0.2, 0.25) is 0 Å². The molecular weight excluding hydrogens is 378 g/mol. The van der Waals surface area contributed by atoms with E-state index >= 15 is 0 Å². The van der Waals surface area contributed by atoms with Gasteiger partial charge in [0.05, 0.1) is 0 Å². The molecule has 158 valence electrons. The number of carbonyl (C=O) groups is 1. The minimum Gasteiger partial charge on any atom is -0.407 e. The van der Waals surface area contributed by atoms with Gasteiger partial charge in [-0.3, -0.25) is 10.2 Å². The fourth-order valence-corrected chi connectivity index (χ4v) is 3.36. The van der Waals surface area contributed by atoms with Crippen molar-refractivity contribution in [3.05, 3.63) is 65.7 Å². The van der Waals surface area contributed by atoms with Gasteiger partial charge in [0.15, 0.2) is 0 Å². The third-order valence-electron chi connectivity index (χ3n) is 5.00. The lowest BCUT2D eigenvalue weighted by Crippen LogP contribution is -2.31. The third-order valence-corrected chi connectivity index (χ3v) is 5.00.